The summed E-state index contributed by atoms with van der Waals surface area (Å²) in [5.41, 5.74) is 0.325. The van der Waals surface area contributed by atoms with Gasteiger partial charge in [-0.25, -0.2) is 19.2 Å². The molecule has 2 amide bonds. The summed E-state index contributed by atoms with van der Waals surface area (Å²) < 4.78 is 62.6. The number of rotatable bonds is 5. The number of carbonyl (C=O) groups is 2. The van der Waals surface area contributed by atoms with Crippen LogP contribution in [0.3, 0.4) is 0 Å². The van der Waals surface area contributed by atoms with Crippen LogP contribution in [0.15, 0.2) is 33.6 Å². The minimum atomic E-state index is -4.69. The maximum atomic E-state index is 12.6. The predicted octanol–water partition coefficient (Wildman–Crippen LogP) is 0.917. The molecule has 5 N–H and O–H groups in total. The Morgan fingerprint density at radius 3 is 2.43 bits per heavy atom. The van der Waals surface area contributed by atoms with E-state index in [1.54, 1.807) is 5.43 Å². The molecule has 1 atom stereocenters. The number of anilines is 1. The molecule has 0 aromatic carbocycles. The topological polar surface area (TPSA) is 151 Å². The van der Waals surface area contributed by atoms with Crippen molar-refractivity contribution < 1.29 is 36.3 Å². The monoisotopic (exact) mass is 438 g/mol. The van der Waals surface area contributed by atoms with Crippen molar-refractivity contribution in [2.75, 3.05) is 5.32 Å². The number of nitrogen functional groups attached to an aromatic ring is 1. The van der Waals surface area contributed by atoms with Gasteiger partial charge in [-0.3, -0.25) is 15.0 Å². The highest BCUT2D eigenvalue weighted by Gasteiger charge is 2.32. The van der Waals surface area contributed by atoms with Crippen molar-refractivity contribution in [1.82, 2.24) is 10.4 Å². The van der Waals surface area contributed by atoms with Crippen molar-refractivity contribution in [2.45, 2.75) is 28.4 Å². The number of nitrogens with two attached hydrogens (primary N) is 1. The number of hydrogen-bond donors (Lipinski definition) is 4. The van der Waals surface area contributed by atoms with Gasteiger partial charge >= 0.3 is 6.18 Å². The van der Waals surface area contributed by atoms with Gasteiger partial charge in [-0.1, -0.05) is 0 Å². The minimum absolute atomic E-state index is 0.223. The number of pyridine rings is 1. The normalized spacial score (nSPS) is 13.1. The second kappa shape index (κ2) is 7.83. The molecular formula is C14H13F3N4O5S2. The third-order valence-electron chi connectivity index (χ3n) is 3.31. The van der Waals surface area contributed by atoms with E-state index in [1.807, 2.05) is 0 Å². The average Bonchev–Trinajstić information content (AvgIpc) is 3.05. The highest BCUT2D eigenvalue weighted by atomic mass is 32.2. The molecule has 0 saturated carbocycles. The van der Waals surface area contributed by atoms with Gasteiger partial charge in [-0.15, -0.1) is 11.3 Å². The molecule has 2 aromatic heterocycles. The second-order valence-corrected chi connectivity index (χ2v) is 8.51. The van der Waals surface area contributed by atoms with Crippen LogP contribution in [-0.4, -0.2) is 36.4 Å². The molecule has 9 nitrogen and oxygen atoms in total. The summed E-state index contributed by atoms with van der Waals surface area (Å²) in [6, 6.07) is 2.12. The fourth-order valence-corrected chi connectivity index (χ4v) is 4.52. The summed E-state index contributed by atoms with van der Waals surface area (Å²) in [7, 11) is -4.40. The maximum absolute atomic E-state index is 12.6. The number of sulfone groups is 1. The van der Waals surface area contributed by atoms with Crippen LogP contribution in [0.4, 0.5) is 18.2 Å². The molecule has 0 bridgehead atoms. The number of hydrazine groups is 1. The molecule has 0 aliphatic rings. The van der Waals surface area contributed by atoms with Gasteiger partial charge < -0.3 is 10.4 Å². The van der Waals surface area contributed by atoms with Crippen LogP contribution < -0.4 is 16.6 Å². The van der Waals surface area contributed by atoms with Crippen LogP contribution in [0.5, 0.6) is 0 Å². The van der Waals surface area contributed by atoms with E-state index in [0.717, 1.165) is 13.0 Å². The first-order valence-corrected chi connectivity index (χ1v) is 9.60. The summed E-state index contributed by atoms with van der Waals surface area (Å²) in [5.74, 6) is 3.18. The first-order chi connectivity index (χ1) is 12.9. The van der Waals surface area contributed by atoms with E-state index >= 15 is 0 Å². The van der Waals surface area contributed by atoms with Gasteiger partial charge in [-0.05, 0) is 25.1 Å². The molecule has 28 heavy (non-hydrogen) atoms. The van der Waals surface area contributed by atoms with E-state index < -0.39 is 48.7 Å². The molecule has 0 saturated heterocycles. The van der Waals surface area contributed by atoms with Gasteiger partial charge in [0, 0.05) is 6.20 Å². The SMILES string of the molecule is CC(O)C(=O)Nc1sc(S(=O)(=O)c2ccc(C(F)(F)F)cn2)cc1C(=O)NN. The van der Waals surface area contributed by atoms with Crippen molar-refractivity contribution in [2.24, 2.45) is 5.84 Å². The lowest BCUT2D eigenvalue weighted by Crippen LogP contribution is -2.31. The molecular weight excluding hydrogens is 425 g/mol. The Kier molecular flexibility index (Phi) is 6.08. The average molecular weight is 438 g/mol. The van der Waals surface area contributed by atoms with E-state index in [-0.39, 0.29) is 10.6 Å². The van der Waals surface area contributed by atoms with Crippen molar-refractivity contribution in [3.05, 3.63) is 35.5 Å². The van der Waals surface area contributed by atoms with E-state index in [9.17, 15) is 36.3 Å². The third-order valence-corrected chi connectivity index (χ3v) is 6.50. The van der Waals surface area contributed by atoms with E-state index in [0.29, 0.717) is 29.7 Å². The number of alkyl halides is 3. The second-order valence-electron chi connectivity index (χ2n) is 5.33. The van der Waals surface area contributed by atoms with Crippen molar-refractivity contribution in [3.63, 3.8) is 0 Å². The molecule has 0 aliphatic heterocycles. The molecule has 14 heteroatoms. The molecule has 2 aromatic rings. The smallest absolute Gasteiger partial charge is 0.384 e. The summed E-state index contributed by atoms with van der Waals surface area (Å²) in [6.45, 7) is 1.15. The van der Waals surface area contributed by atoms with Crippen LogP contribution in [-0.2, 0) is 20.8 Å². The zero-order chi connectivity index (χ0) is 21.3. The highest BCUT2D eigenvalue weighted by Crippen LogP contribution is 2.35. The zero-order valence-corrected chi connectivity index (χ0v) is 15.6. The number of amides is 2. The van der Waals surface area contributed by atoms with E-state index in [2.05, 4.69) is 10.3 Å². The molecule has 152 valence electrons. The number of hydrogen-bond acceptors (Lipinski definition) is 8. The number of nitrogens with zero attached hydrogens (tertiary/aromatic N) is 1. The highest BCUT2D eigenvalue weighted by molar-refractivity contribution is 7.93. The Morgan fingerprint density at radius 2 is 1.96 bits per heavy atom. The molecule has 0 fully saturated rings. The molecule has 2 rings (SSSR count). The number of halogens is 3. The Balaban J connectivity index is 2.49. The van der Waals surface area contributed by atoms with Gasteiger partial charge in [0.05, 0.1) is 11.1 Å². The van der Waals surface area contributed by atoms with Gasteiger partial charge in [0.25, 0.3) is 11.8 Å². The third kappa shape index (κ3) is 4.46. The number of nitrogens with one attached hydrogen (secondary N) is 2. The number of aliphatic hydroxyl groups excluding tert-OH is 1. The van der Waals surface area contributed by atoms with Crippen LogP contribution in [0.2, 0.25) is 0 Å². The number of carbonyl (C=O) groups excluding carboxylic acids is 2. The van der Waals surface area contributed by atoms with Gasteiger partial charge in [-0.2, -0.15) is 13.2 Å². The van der Waals surface area contributed by atoms with Crippen molar-refractivity contribution >= 4 is 38.0 Å². The van der Waals surface area contributed by atoms with Crippen LogP contribution in [0.25, 0.3) is 0 Å². The Bertz CT molecular complexity index is 1000. The number of thiophene rings is 1. The zero-order valence-electron chi connectivity index (χ0n) is 13.9. The largest absolute Gasteiger partial charge is 0.417 e. The molecule has 0 aliphatic carbocycles. The first kappa shape index (κ1) is 21.7. The lowest BCUT2D eigenvalue weighted by Gasteiger charge is -2.07. The predicted molar refractivity (Wildman–Crippen MR) is 91.0 cm³/mol. The van der Waals surface area contributed by atoms with Crippen LogP contribution >= 0.6 is 11.3 Å². The maximum Gasteiger partial charge on any atom is 0.417 e. The summed E-state index contributed by atoms with van der Waals surface area (Å²) >= 11 is 0.451. The summed E-state index contributed by atoms with van der Waals surface area (Å²) in [5, 5.41) is 10.5. The molecule has 2 heterocycles. The molecule has 1 unspecified atom stereocenters. The summed E-state index contributed by atoms with van der Waals surface area (Å²) in [4.78, 5) is 26.8. The first-order valence-electron chi connectivity index (χ1n) is 7.30. The minimum Gasteiger partial charge on any atom is -0.384 e. The lowest BCUT2D eigenvalue weighted by atomic mass is 10.3. The Morgan fingerprint density at radius 1 is 1.32 bits per heavy atom. The van der Waals surface area contributed by atoms with Crippen molar-refractivity contribution in [1.29, 1.82) is 0 Å². The van der Waals surface area contributed by atoms with Gasteiger partial charge in [0.15, 0.2) is 5.03 Å². The number of aliphatic hydroxyl groups is 1. The van der Waals surface area contributed by atoms with Crippen LogP contribution in [0, 0.1) is 0 Å². The number of aromatic nitrogens is 1. The Hall–Kier alpha value is -2.55. The standard InChI is InChI=1S/C14H13F3N4O5S2/c1-6(22)11(23)20-13-8(12(24)21-18)4-10(27-13)28(25,26)9-3-2-7(5-19-9)14(15,16)17/h2-6,22H,18H2,1H3,(H,20,23)(H,21,24). The fraction of sp³-hybridized carbons (Fsp3) is 0.214. The molecule has 0 radical (unpaired) electrons. The molecule has 0 spiro atoms. The van der Waals surface area contributed by atoms with E-state index in [1.165, 1.54) is 0 Å². The van der Waals surface area contributed by atoms with E-state index in [4.69, 9.17) is 5.84 Å². The lowest BCUT2D eigenvalue weighted by molar-refractivity contribution is -0.137. The fourth-order valence-electron chi connectivity index (χ4n) is 1.87. The summed E-state index contributed by atoms with van der Waals surface area (Å²) in [6.07, 6.45) is -5.78. The van der Waals surface area contributed by atoms with Gasteiger partial charge in [0.2, 0.25) is 9.84 Å². The van der Waals surface area contributed by atoms with Crippen molar-refractivity contribution in [3.8, 4) is 0 Å². The van der Waals surface area contributed by atoms with Gasteiger partial charge in [0.1, 0.15) is 15.3 Å². The quantitative estimate of drug-likeness (QED) is 0.308. The Labute approximate surface area is 160 Å². The van der Waals surface area contributed by atoms with Crippen LogP contribution in [0.1, 0.15) is 22.8 Å².